The third-order valence-corrected chi connectivity index (χ3v) is 6.79. The molecule has 3 heteroatoms. The van der Waals surface area contributed by atoms with Crippen molar-refractivity contribution in [1.29, 1.82) is 0 Å². The Labute approximate surface area is 103 Å². The molecule has 1 aromatic carbocycles. The van der Waals surface area contributed by atoms with Gasteiger partial charge in [-0.1, -0.05) is 39.3 Å². The van der Waals surface area contributed by atoms with Gasteiger partial charge in [0.2, 0.25) is 0 Å². The summed E-state index contributed by atoms with van der Waals surface area (Å²) < 4.78 is 0. The van der Waals surface area contributed by atoms with E-state index in [0.29, 0.717) is 0 Å². The van der Waals surface area contributed by atoms with E-state index in [4.69, 9.17) is 0 Å². The van der Waals surface area contributed by atoms with Crippen molar-refractivity contribution in [1.82, 2.24) is 0 Å². The van der Waals surface area contributed by atoms with E-state index in [2.05, 4.69) is 57.5 Å². The molecule has 0 fully saturated rings. The number of rotatable bonds is 2. The van der Waals surface area contributed by atoms with E-state index in [0.717, 1.165) is 0 Å². The molecule has 0 aliphatic rings. The van der Waals surface area contributed by atoms with E-state index in [1.54, 1.807) is 10.4 Å². The minimum atomic E-state index is -1.10. The van der Waals surface area contributed by atoms with E-state index in [1.165, 1.54) is 0 Å². The summed E-state index contributed by atoms with van der Waals surface area (Å²) in [5, 5.41) is 3.37. The molecule has 0 spiro atoms. The Kier molecular flexibility index (Phi) is 4.61. The average molecular weight is 216 g/mol. The summed E-state index contributed by atoms with van der Waals surface area (Å²) in [6, 6.07) is 6.93. The largest absolute Gasteiger partial charge is 1.00 e. The molecular weight excluding hydrogens is 195 g/mol. The molecule has 0 aromatic heterocycles. The van der Waals surface area contributed by atoms with Gasteiger partial charge in [-0.05, 0) is 0 Å². The van der Waals surface area contributed by atoms with Gasteiger partial charge in [0.05, 0.1) is 8.07 Å². The Balaban J connectivity index is 0.00000169. The Morgan fingerprint density at radius 1 is 1.00 bits per heavy atom. The van der Waals surface area contributed by atoms with Crippen LogP contribution in [0.5, 0.6) is 0 Å². The standard InChI is InChI=1S/C11H21Si2.Li/c1-12(2,3)10-8-7-9-11(10)13(4,5)6;/h7-9H,1-6H3;/q-1;+1. The third-order valence-electron chi connectivity index (χ3n) is 2.43. The van der Waals surface area contributed by atoms with Crippen molar-refractivity contribution in [3.63, 3.8) is 0 Å². The summed E-state index contributed by atoms with van der Waals surface area (Å²) in [4.78, 5) is 0. The fourth-order valence-corrected chi connectivity index (χ4v) is 6.95. The zero-order chi connectivity index (χ0) is 10.3. The summed E-state index contributed by atoms with van der Waals surface area (Å²) >= 11 is 0. The van der Waals surface area contributed by atoms with Gasteiger partial charge < -0.3 is 0 Å². The van der Waals surface area contributed by atoms with Crippen LogP contribution in [0.15, 0.2) is 18.2 Å². The molecule has 0 unspecified atom stereocenters. The quantitative estimate of drug-likeness (QED) is 0.462. The first-order valence-corrected chi connectivity index (χ1v) is 12.0. The second-order valence-corrected chi connectivity index (χ2v) is 15.9. The van der Waals surface area contributed by atoms with E-state index >= 15 is 0 Å². The molecule has 0 bridgehead atoms. The Bertz CT molecular complexity index is 260. The summed E-state index contributed by atoms with van der Waals surface area (Å²) in [5.41, 5.74) is 0. The zero-order valence-corrected chi connectivity index (χ0v) is 12.7. The molecule has 1 aromatic rings. The number of hydrogen-bond donors (Lipinski definition) is 0. The molecule has 0 saturated heterocycles. The minimum Gasteiger partial charge on any atom is -0.214 e. The maximum absolute atomic E-state index is 2.44. The van der Waals surface area contributed by atoms with Gasteiger partial charge in [0, 0.05) is 8.07 Å². The Morgan fingerprint density at radius 2 is 1.50 bits per heavy atom. The summed E-state index contributed by atoms with van der Waals surface area (Å²) in [6.45, 7) is 14.6. The SMILES string of the molecule is C[Si](C)(C)c1ccc[c-]1[Si](C)(C)C.[Li+]. The molecule has 14 heavy (non-hydrogen) atoms. The van der Waals surface area contributed by atoms with E-state index in [9.17, 15) is 0 Å². The Morgan fingerprint density at radius 3 is 1.79 bits per heavy atom. The molecule has 0 N–H and O–H groups in total. The molecule has 0 atom stereocenters. The predicted molar refractivity (Wildman–Crippen MR) is 68.0 cm³/mol. The normalized spacial score (nSPS) is 12.4. The summed E-state index contributed by atoms with van der Waals surface area (Å²) in [7, 11) is -2.20. The molecule has 1 rings (SSSR count). The molecule has 74 valence electrons. The van der Waals surface area contributed by atoms with Crippen molar-refractivity contribution in [2.24, 2.45) is 0 Å². The molecule has 0 nitrogen and oxygen atoms in total. The van der Waals surface area contributed by atoms with Crippen LogP contribution in [0.4, 0.5) is 0 Å². The third kappa shape index (κ3) is 3.20. The van der Waals surface area contributed by atoms with Gasteiger partial charge in [-0.25, -0.2) is 12.1 Å². The zero-order valence-electron chi connectivity index (χ0n) is 10.7. The molecule has 0 saturated carbocycles. The monoisotopic (exact) mass is 216 g/mol. The summed E-state index contributed by atoms with van der Waals surface area (Å²) in [6.07, 6.45) is 0. The molecule has 0 aliphatic heterocycles. The molecule has 0 heterocycles. The first-order chi connectivity index (χ1) is 5.73. The van der Waals surface area contributed by atoms with Gasteiger partial charge in [0.15, 0.2) is 0 Å². The first kappa shape index (κ1) is 14.4. The number of hydrogen-bond acceptors (Lipinski definition) is 0. The topological polar surface area (TPSA) is 0 Å². The van der Waals surface area contributed by atoms with Gasteiger partial charge in [-0.15, -0.1) is 0 Å². The fourth-order valence-electron chi connectivity index (χ4n) is 1.73. The molecule has 0 radical (unpaired) electrons. The van der Waals surface area contributed by atoms with E-state index in [-0.39, 0.29) is 18.9 Å². The summed E-state index contributed by atoms with van der Waals surface area (Å²) in [5.74, 6) is 0. The predicted octanol–water partition coefficient (Wildman–Crippen LogP) is -0.500. The first-order valence-electron chi connectivity index (χ1n) is 4.99. The van der Waals surface area contributed by atoms with Crippen LogP contribution >= 0.6 is 0 Å². The van der Waals surface area contributed by atoms with Crippen LogP contribution in [-0.2, 0) is 0 Å². The maximum atomic E-state index is 2.44. The van der Waals surface area contributed by atoms with Crippen molar-refractivity contribution in [2.75, 3.05) is 0 Å². The van der Waals surface area contributed by atoms with Gasteiger partial charge in [-0.2, -0.15) is 16.4 Å². The van der Waals surface area contributed by atoms with Crippen LogP contribution in [0, 0.1) is 0 Å². The van der Waals surface area contributed by atoms with Gasteiger partial charge in [0.1, 0.15) is 0 Å². The second kappa shape index (κ2) is 4.49. The molecule has 0 aliphatic carbocycles. The van der Waals surface area contributed by atoms with Crippen LogP contribution in [0.1, 0.15) is 0 Å². The van der Waals surface area contributed by atoms with Gasteiger partial charge in [0.25, 0.3) is 0 Å². The van der Waals surface area contributed by atoms with Crippen LogP contribution in [0.25, 0.3) is 0 Å². The van der Waals surface area contributed by atoms with Gasteiger partial charge >= 0.3 is 18.9 Å². The second-order valence-electron chi connectivity index (χ2n) is 5.85. The van der Waals surface area contributed by atoms with Crippen LogP contribution in [-0.4, -0.2) is 16.1 Å². The van der Waals surface area contributed by atoms with Crippen LogP contribution < -0.4 is 29.2 Å². The minimum absolute atomic E-state index is 0. The maximum Gasteiger partial charge on any atom is 1.00 e. The van der Waals surface area contributed by atoms with Crippen molar-refractivity contribution in [2.45, 2.75) is 39.3 Å². The van der Waals surface area contributed by atoms with Crippen LogP contribution in [0.2, 0.25) is 39.3 Å². The van der Waals surface area contributed by atoms with E-state index < -0.39 is 16.1 Å². The average Bonchev–Trinajstić information content (AvgIpc) is 2.27. The molecule has 0 amide bonds. The van der Waals surface area contributed by atoms with Crippen LogP contribution in [0.3, 0.4) is 0 Å². The molecular formula is C11H21LiSi2. The Hall–Kier alpha value is 0.381. The van der Waals surface area contributed by atoms with Crippen molar-refractivity contribution >= 4 is 26.5 Å². The van der Waals surface area contributed by atoms with Gasteiger partial charge in [-0.3, -0.25) is 0 Å². The van der Waals surface area contributed by atoms with Crippen molar-refractivity contribution < 1.29 is 18.9 Å². The van der Waals surface area contributed by atoms with Crippen molar-refractivity contribution in [3.8, 4) is 0 Å². The fraction of sp³-hybridized carbons (Fsp3) is 0.545. The van der Waals surface area contributed by atoms with E-state index in [1.807, 2.05) is 0 Å². The smallest absolute Gasteiger partial charge is 0.214 e. The van der Waals surface area contributed by atoms with Crippen molar-refractivity contribution in [3.05, 3.63) is 18.2 Å².